The van der Waals surface area contributed by atoms with Crippen molar-refractivity contribution in [3.63, 3.8) is 0 Å². The van der Waals surface area contributed by atoms with Crippen LogP contribution in [0.4, 0.5) is 0 Å². The van der Waals surface area contributed by atoms with Gasteiger partial charge in [0.2, 0.25) is 0 Å². The molecule has 1 radical (unpaired) electrons. The Labute approximate surface area is 41.8 Å². The average Bonchev–Trinajstić information content (AvgIpc) is 1.86. The van der Waals surface area contributed by atoms with Crippen molar-refractivity contribution in [2.45, 2.75) is 12.3 Å². The van der Waals surface area contributed by atoms with E-state index in [1.807, 2.05) is 11.8 Å². The zero-order valence-electron chi connectivity index (χ0n) is 3.64. The van der Waals surface area contributed by atoms with Crippen molar-refractivity contribution in [2.24, 2.45) is 4.99 Å². The van der Waals surface area contributed by atoms with Crippen molar-refractivity contribution in [3.05, 3.63) is 0 Å². The van der Waals surface area contributed by atoms with Gasteiger partial charge in [-0.25, -0.2) is 0 Å². The van der Waals surface area contributed by atoms with Crippen LogP contribution in [0.2, 0.25) is 0 Å². The predicted octanol–water partition coefficient (Wildman–Crippen LogP) is 1.03. The topological polar surface area (TPSA) is 12.4 Å². The van der Waals surface area contributed by atoms with Crippen LogP contribution in [-0.4, -0.2) is 17.3 Å². The Bertz CT molecular complexity index is 69.9. The minimum atomic E-state index is 0.477. The van der Waals surface area contributed by atoms with Crippen molar-refractivity contribution >= 4 is 18.0 Å². The number of hydrogen-bond acceptors (Lipinski definition) is 2. The molecule has 1 aliphatic rings. The van der Waals surface area contributed by atoms with E-state index < -0.39 is 0 Å². The van der Waals surface area contributed by atoms with Crippen molar-refractivity contribution in [1.82, 2.24) is 0 Å². The monoisotopic (exact) mass is 100 g/mol. The van der Waals surface area contributed by atoms with E-state index in [0.717, 1.165) is 5.75 Å². The van der Waals surface area contributed by atoms with Gasteiger partial charge in [-0.1, -0.05) is 0 Å². The van der Waals surface area contributed by atoms with Crippen molar-refractivity contribution in [2.75, 3.05) is 5.75 Å². The fraction of sp³-hybridized carbons (Fsp3) is 0.750. The van der Waals surface area contributed by atoms with Gasteiger partial charge in [-0.15, -0.1) is 11.8 Å². The van der Waals surface area contributed by atoms with E-state index in [1.54, 1.807) is 0 Å². The van der Waals surface area contributed by atoms with Gasteiger partial charge < -0.3 is 0 Å². The van der Waals surface area contributed by atoms with E-state index in [9.17, 15) is 0 Å². The van der Waals surface area contributed by atoms with E-state index >= 15 is 0 Å². The van der Waals surface area contributed by atoms with Crippen LogP contribution in [-0.2, 0) is 0 Å². The summed E-state index contributed by atoms with van der Waals surface area (Å²) >= 11 is 1.82. The number of aliphatic imine (C=N–C) groups is 1. The Morgan fingerprint density at radius 1 is 2.00 bits per heavy atom. The fourth-order valence-electron chi connectivity index (χ4n) is 0.361. The first kappa shape index (κ1) is 4.19. The summed E-state index contributed by atoms with van der Waals surface area (Å²) in [7, 11) is 0. The smallest absolute Gasteiger partial charge is 0.0931 e. The van der Waals surface area contributed by atoms with Crippen LogP contribution in [0, 0.1) is 0 Å². The molecule has 2 heteroatoms. The standard InChI is InChI=1S/C4H6NS/c1-4-5-2-3-6-4/h4H,3H2,1H3. The molecule has 0 saturated heterocycles. The summed E-state index contributed by atoms with van der Waals surface area (Å²) in [5, 5.41) is 0.477. The molecule has 0 aromatic heterocycles. The molecule has 33 valence electrons. The Morgan fingerprint density at radius 2 is 2.83 bits per heavy atom. The summed E-state index contributed by atoms with van der Waals surface area (Å²) in [6.07, 6.45) is 2.86. The highest BCUT2D eigenvalue weighted by Gasteiger charge is 2.01. The highest BCUT2D eigenvalue weighted by atomic mass is 32.2. The van der Waals surface area contributed by atoms with Gasteiger partial charge in [0, 0.05) is 5.75 Å². The number of thioether (sulfide) groups is 1. The van der Waals surface area contributed by atoms with Crippen LogP contribution in [0.25, 0.3) is 0 Å². The molecule has 1 unspecified atom stereocenters. The summed E-state index contributed by atoms with van der Waals surface area (Å²) in [5.41, 5.74) is 0. The number of nitrogens with zero attached hydrogens (tertiary/aromatic N) is 1. The van der Waals surface area contributed by atoms with E-state index in [0.29, 0.717) is 5.37 Å². The molecule has 0 bridgehead atoms. The van der Waals surface area contributed by atoms with Gasteiger partial charge in [-0.3, -0.25) is 4.99 Å². The van der Waals surface area contributed by atoms with Crippen LogP contribution in [0.15, 0.2) is 4.99 Å². The molecule has 1 aliphatic heterocycles. The number of rotatable bonds is 0. The third kappa shape index (κ3) is 0.744. The minimum Gasteiger partial charge on any atom is -0.273 e. The Morgan fingerprint density at radius 3 is 3.00 bits per heavy atom. The maximum Gasteiger partial charge on any atom is 0.0931 e. The lowest BCUT2D eigenvalue weighted by molar-refractivity contribution is 1.07. The molecule has 1 rings (SSSR count). The molecule has 0 fully saturated rings. The van der Waals surface area contributed by atoms with Crippen LogP contribution in [0.3, 0.4) is 0 Å². The van der Waals surface area contributed by atoms with Gasteiger partial charge in [-0.2, -0.15) is 0 Å². The van der Waals surface area contributed by atoms with Crippen LogP contribution in [0.5, 0.6) is 0 Å². The van der Waals surface area contributed by atoms with E-state index in [1.165, 1.54) is 0 Å². The van der Waals surface area contributed by atoms with Crippen molar-refractivity contribution in [1.29, 1.82) is 0 Å². The first-order valence-electron chi connectivity index (χ1n) is 1.94. The fourth-order valence-corrected chi connectivity index (χ4v) is 0.900. The third-order valence-corrected chi connectivity index (χ3v) is 1.55. The molecule has 0 aliphatic carbocycles. The van der Waals surface area contributed by atoms with Gasteiger partial charge >= 0.3 is 0 Å². The molecule has 0 aromatic rings. The Kier molecular flexibility index (Phi) is 1.15. The first-order valence-corrected chi connectivity index (χ1v) is 2.99. The normalized spacial score (nSPS) is 31.8. The van der Waals surface area contributed by atoms with Crippen LogP contribution < -0.4 is 0 Å². The van der Waals surface area contributed by atoms with Gasteiger partial charge in [0.25, 0.3) is 0 Å². The lowest BCUT2D eigenvalue weighted by atomic mass is 10.8. The summed E-state index contributed by atoms with van der Waals surface area (Å²) in [6, 6.07) is 0. The highest BCUT2D eigenvalue weighted by Crippen LogP contribution is 2.14. The molecular weight excluding hydrogens is 94.1 g/mol. The second-order valence-electron chi connectivity index (χ2n) is 1.20. The molecule has 0 saturated carbocycles. The predicted molar refractivity (Wildman–Crippen MR) is 29.4 cm³/mol. The largest absolute Gasteiger partial charge is 0.273 e. The van der Waals surface area contributed by atoms with Gasteiger partial charge in [0.15, 0.2) is 0 Å². The summed E-state index contributed by atoms with van der Waals surface area (Å²) in [6.45, 7) is 2.07. The molecule has 1 heterocycles. The summed E-state index contributed by atoms with van der Waals surface area (Å²) in [5.74, 6) is 0.987. The maximum absolute atomic E-state index is 3.95. The van der Waals surface area contributed by atoms with Crippen LogP contribution >= 0.6 is 11.8 Å². The van der Waals surface area contributed by atoms with Crippen molar-refractivity contribution < 1.29 is 0 Å². The van der Waals surface area contributed by atoms with E-state index in [2.05, 4.69) is 18.1 Å². The van der Waals surface area contributed by atoms with E-state index in [-0.39, 0.29) is 0 Å². The molecule has 6 heavy (non-hydrogen) atoms. The second kappa shape index (κ2) is 1.65. The quantitative estimate of drug-likeness (QED) is 0.443. The lowest BCUT2D eigenvalue weighted by Gasteiger charge is -1.88. The summed E-state index contributed by atoms with van der Waals surface area (Å²) in [4.78, 5) is 3.95. The van der Waals surface area contributed by atoms with E-state index in [4.69, 9.17) is 0 Å². The maximum atomic E-state index is 3.95. The summed E-state index contributed by atoms with van der Waals surface area (Å²) < 4.78 is 0. The van der Waals surface area contributed by atoms with Gasteiger partial charge in [0.1, 0.15) is 0 Å². The lowest BCUT2D eigenvalue weighted by Crippen LogP contribution is -1.79. The number of hydrogen-bond donors (Lipinski definition) is 0. The molecule has 1 nitrogen and oxygen atoms in total. The molecule has 0 spiro atoms. The first-order chi connectivity index (χ1) is 2.89. The van der Waals surface area contributed by atoms with Crippen molar-refractivity contribution in [3.8, 4) is 0 Å². The third-order valence-electron chi connectivity index (χ3n) is 0.662. The van der Waals surface area contributed by atoms with Gasteiger partial charge in [0.05, 0.1) is 11.6 Å². The minimum absolute atomic E-state index is 0.477. The van der Waals surface area contributed by atoms with Gasteiger partial charge in [-0.05, 0) is 6.92 Å². The zero-order chi connectivity index (χ0) is 4.41. The molecule has 0 amide bonds. The molecule has 0 N–H and O–H groups in total. The zero-order valence-corrected chi connectivity index (χ0v) is 4.46. The Hall–Kier alpha value is 0.0200. The molecule has 0 aromatic carbocycles. The Balaban J connectivity index is 2.38. The average molecular weight is 100 g/mol. The second-order valence-corrected chi connectivity index (χ2v) is 2.50. The molecule has 1 atom stereocenters. The molecular formula is C4H6NS. The highest BCUT2D eigenvalue weighted by molar-refractivity contribution is 8.00. The SMILES string of the molecule is CC1N=[C]CS1. The van der Waals surface area contributed by atoms with Crippen LogP contribution in [0.1, 0.15) is 6.92 Å².